The molecular formula is C33H26NNa3O9. The predicted molar refractivity (Wildman–Crippen MR) is 148 cm³/mol. The molecule has 5 rings (SSSR count). The van der Waals surface area contributed by atoms with Crippen LogP contribution in [-0.2, 0) is 13.0 Å². The molecule has 2 N–H and O–H groups in total. The summed E-state index contributed by atoms with van der Waals surface area (Å²) in [6, 6.07) is 24.6. The van der Waals surface area contributed by atoms with Gasteiger partial charge in [-0.05, 0) is 72.4 Å². The van der Waals surface area contributed by atoms with Crippen molar-refractivity contribution >= 4 is 23.8 Å². The maximum absolute atomic E-state index is 14.2. The van der Waals surface area contributed by atoms with Gasteiger partial charge >= 0.3 is 88.7 Å². The summed E-state index contributed by atoms with van der Waals surface area (Å²) >= 11 is 0. The Morgan fingerprint density at radius 3 is 1.85 bits per heavy atom. The number of aryl methyl sites for hydroxylation is 1. The third kappa shape index (κ3) is 9.54. The fourth-order valence-corrected chi connectivity index (χ4v) is 5.34. The molecule has 1 atom stereocenters. The standard InChI is InChI=1S/C33H27NO8.3Na.H2O/c35-30(25-17-27(32(38)39)28(33(40)41)18-26(25)31(36)37)34(29-15-7-10-21-9-4-5-14-24(21)29)19-20-8-6-13-23(16-20)42-22-11-2-1-3-12-22;;;;/h1-6,8-9,11-14,16-18,29H,7,10,15,19H2,(H,36,37)(H,38,39)(H,40,41);;;;1H2/q;3*+1;/p-3/t29-;;;;/m0..../s1. The second-order valence-electron chi connectivity index (χ2n) is 9.91. The fraction of sp³-hybridized carbons (Fsp3) is 0.152. The maximum atomic E-state index is 14.2. The van der Waals surface area contributed by atoms with Crippen LogP contribution in [0.5, 0.6) is 11.5 Å². The minimum absolute atomic E-state index is 0. The molecule has 0 aromatic heterocycles. The molecule has 0 radical (unpaired) electrons. The minimum atomic E-state index is -1.93. The van der Waals surface area contributed by atoms with Crippen LogP contribution in [0.4, 0.5) is 0 Å². The summed E-state index contributed by atoms with van der Waals surface area (Å²) < 4.78 is 5.95. The number of hydrogen-bond acceptors (Lipinski definition) is 8. The number of aromatic carboxylic acids is 3. The largest absolute Gasteiger partial charge is 1.00 e. The quantitative estimate of drug-likeness (QED) is 0.160. The molecule has 46 heavy (non-hydrogen) atoms. The summed E-state index contributed by atoms with van der Waals surface area (Å²) in [5.74, 6) is -5.34. The van der Waals surface area contributed by atoms with Crippen LogP contribution in [-0.4, -0.2) is 34.2 Å². The Labute approximate surface area is 332 Å². The number of amides is 1. The summed E-state index contributed by atoms with van der Waals surface area (Å²) in [6.07, 6.45) is 2.12. The van der Waals surface area contributed by atoms with Crippen LogP contribution in [0, 0.1) is 0 Å². The molecule has 1 amide bonds. The van der Waals surface area contributed by atoms with E-state index in [1.54, 1.807) is 36.4 Å². The van der Waals surface area contributed by atoms with Gasteiger partial charge in [0.25, 0.3) is 5.91 Å². The first-order valence-corrected chi connectivity index (χ1v) is 13.3. The van der Waals surface area contributed by atoms with E-state index in [0.29, 0.717) is 35.6 Å². The van der Waals surface area contributed by atoms with Gasteiger partial charge in [-0.1, -0.05) is 54.6 Å². The first-order valence-electron chi connectivity index (χ1n) is 13.3. The predicted octanol–water partition coefficient (Wildman–Crippen LogP) is -7.52. The molecule has 13 heteroatoms. The SMILES string of the molecule is O.O=C([O-])c1cc(C(=O)[O-])c(C(=O)N(Cc2cccc(Oc3ccccc3)c2)[C@H]2CCCc3ccccc32)cc1C(=O)[O-].[Na+].[Na+].[Na+]. The molecule has 1 aliphatic carbocycles. The Hall–Kier alpha value is -2.48. The number of ether oxygens (including phenoxy) is 1. The number of carbonyl (C=O) groups excluding carboxylic acids is 4. The number of carboxylic acids is 3. The second kappa shape index (κ2) is 18.8. The molecule has 0 unspecified atom stereocenters. The van der Waals surface area contributed by atoms with Crippen LogP contribution in [0.25, 0.3) is 0 Å². The van der Waals surface area contributed by atoms with Crippen molar-refractivity contribution in [1.29, 1.82) is 0 Å². The summed E-state index contributed by atoms with van der Waals surface area (Å²) in [4.78, 5) is 51.2. The van der Waals surface area contributed by atoms with Gasteiger partial charge in [-0.25, -0.2) is 0 Å². The molecule has 0 spiro atoms. The number of nitrogens with zero attached hydrogens (tertiary/aromatic N) is 1. The monoisotopic (exact) mass is 649 g/mol. The van der Waals surface area contributed by atoms with E-state index in [2.05, 4.69) is 0 Å². The zero-order valence-corrected chi connectivity index (χ0v) is 31.8. The molecule has 10 nitrogen and oxygen atoms in total. The average molecular weight is 650 g/mol. The van der Waals surface area contributed by atoms with E-state index in [-0.39, 0.29) is 101 Å². The molecule has 0 saturated carbocycles. The van der Waals surface area contributed by atoms with Crippen LogP contribution in [0.1, 0.15) is 77.0 Å². The van der Waals surface area contributed by atoms with Gasteiger partial charge in [0.05, 0.1) is 23.9 Å². The number of fused-ring (bicyclic) bond motifs is 1. The third-order valence-corrected chi connectivity index (χ3v) is 7.25. The molecule has 0 fully saturated rings. The van der Waals surface area contributed by atoms with Crippen LogP contribution in [0.2, 0.25) is 0 Å². The van der Waals surface area contributed by atoms with Crippen molar-refractivity contribution in [2.45, 2.75) is 31.8 Å². The topological polar surface area (TPSA) is 181 Å². The molecule has 4 aromatic rings. The smallest absolute Gasteiger partial charge is 0.545 e. The van der Waals surface area contributed by atoms with Gasteiger partial charge in [0, 0.05) is 28.8 Å². The van der Waals surface area contributed by atoms with Crippen molar-refractivity contribution in [2.75, 3.05) is 0 Å². The molecule has 0 heterocycles. The number of benzene rings is 4. The van der Waals surface area contributed by atoms with Gasteiger partial charge in [-0.15, -0.1) is 0 Å². The zero-order chi connectivity index (χ0) is 29.8. The summed E-state index contributed by atoms with van der Waals surface area (Å²) in [7, 11) is 0. The molecular weight excluding hydrogens is 623 g/mol. The number of rotatable bonds is 9. The minimum Gasteiger partial charge on any atom is -0.545 e. The van der Waals surface area contributed by atoms with E-state index in [1.165, 1.54) is 4.90 Å². The number of hydrogen-bond donors (Lipinski definition) is 0. The van der Waals surface area contributed by atoms with Gasteiger partial charge in [0.15, 0.2) is 0 Å². The van der Waals surface area contributed by atoms with Crippen LogP contribution < -0.4 is 109 Å². The first-order chi connectivity index (χ1) is 20.2. The van der Waals surface area contributed by atoms with Crippen molar-refractivity contribution in [3.8, 4) is 11.5 Å². The van der Waals surface area contributed by atoms with Gasteiger partial charge in [-0.3, -0.25) is 4.79 Å². The Balaban J connectivity index is 0.00000264. The van der Waals surface area contributed by atoms with Crippen molar-refractivity contribution in [3.63, 3.8) is 0 Å². The van der Waals surface area contributed by atoms with Crippen LogP contribution in [0.15, 0.2) is 91.0 Å². The van der Waals surface area contributed by atoms with E-state index >= 15 is 0 Å². The molecule has 1 aliphatic rings. The maximum Gasteiger partial charge on any atom is 1.00 e. The van der Waals surface area contributed by atoms with Gasteiger partial charge < -0.3 is 44.8 Å². The number of carboxylic acid groups (broad SMARTS) is 3. The van der Waals surface area contributed by atoms with Crippen LogP contribution >= 0.6 is 0 Å². The first kappa shape index (κ1) is 41.5. The van der Waals surface area contributed by atoms with Crippen LogP contribution in [0.3, 0.4) is 0 Å². The Morgan fingerprint density at radius 1 is 0.674 bits per heavy atom. The fourth-order valence-electron chi connectivity index (χ4n) is 5.34. The number of carbonyl (C=O) groups is 4. The van der Waals surface area contributed by atoms with Crippen molar-refractivity contribution < 1.29 is 133 Å². The average Bonchev–Trinajstić information content (AvgIpc) is 2.99. The Bertz CT molecular complexity index is 1700. The van der Waals surface area contributed by atoms with Crippen molar-refractivity contribution in [3.05, 3.63) is 130 Å². The van der Waals surface area contributed by atoms with Gasteiger partial charge in [-0.2, -0.15) is 0 Å². The Morgan fingerprint density at radius 2 is 1.22 bits per heavy atom. The normalized spacial score (nSPS) is 12.7. The van der Waals surface area contributed by atoms with E-state index in [1.807, 2.05) is 42.5 Å². The molecule has 220 valence electrons. The van der Waals surface area contributed by atoms with Crippen molar-refractivity contribution in [2.24, 2.45) is 0 Å². The second-order valence-corrected chi connectivity index (χ2v) is 9.91. The van der Waals surface area contributed by atoms with Gasteiger partial charge in [0.2, 0.25) is 0 Å². The third-order valence-electron chi connectivity index (χ3n) is 7.25. The van der Waals surface area contributed by atoms with E-state index < -0.39 is 52.1 Å². The zero-order valence-electron chi connectivity index (χ0n) is 25.8. The molecule has 0 aliphatic heterocycles. The van der Waals surface area contributed by atoms with E-state index in [4.69, 9.17) is 4.74 Å². The van der Waals surface area contributed by atoms with Crippen molar-refractivity contribution in [1.82, 2.24) is 4.90 Å². The molecule has 0 saturated heterocycles. The number of para-hydroxylation sites is 1. The summed E-state index contributed by atoms with van der Waals surface area (Å²) in [6.45, 7) is 0.0131. The van der Waals surface area contributed by atoms with Gasteiger partial charge in [0.1, 0.15) is 11.5 Å². The van der Waals surface area contributed by atoms with E-state index in [0.717, 1.165) is 24.0 Å². The Kier molecular flexibility index (Phi) is 16.9. The summed E-state index contributed by atoms with van der Waals surface area (Å²) in [5.41, 5.74) is -0.498. The molecule has 0 bridgehead atoms. The van der Waals surface area contributed by atoms with E-state index in [9.17, 15) is 34.5 Å². The summed E-state index contributed by atoms with van der Waals surface area (Å²) in [5, 5.41) is 35.5. The molecule has 4 aromatic carbocycles.